The van der Waals surface area contributed by atoms with Gasteiger partial charge in [-0.25, -0.2) is 0 Å². The van der Waals surface area contributed by atoms with Gasteiger partial charge >= 0.3 is 0 Å². The second-order valence-corrected chi connectivity index (χ2v) is 21.0. The number of hydrogen-bond donors (Lipinski definition) is 0. The van der Waals surface area contributed by atoms with Crippen LogP contribution in [-0.4, -0.2) is 13.3 Å². The fourth-order valence-electron chi connectivity index (χ4n) is 9.60. The molecule has 4 aromatic rings. The lowest BCUT2D eigenvalue weighted by atomic mass is 9.79. The molecule has 0 bridgehead atoms. The summed E-state index contributed by atoms with van der Waals surface area (Å²) in [7, 11) is -1.96. The van der Waals surface area contributed by atoms with Gasteiger partial charge in [-0.3, -0.25) is 0 Å². The van der Waals surface area contributed by atoms with Crippen molar-refractivity contribution < 1.29 is 0 Å². The van der Waals surface area contributed by atoms with Crippen LogP contribution in [0.25, 0.3) is 23.3 Å². The molecule has 51 heavy (non-hydrogen) atoms. The lowest BCUT2D eigenvalue weighted by Gasteiger charge is -2.39. The summed E-state index contributed by atoms with van der Waals surface area (Å²) < 4.78 is 0. The predicted octanol–water partition coefficient (Wildman–Crippen LogP) is 9.35. The Morgan fingerprint density at radius 1 is 0.745 bits per heavy atom. The van der Waals surface area contributed by atoms with E-state index in [0.717, 1.165) is 19.3 Å². The molecule has 6 aliphatic rings. The molecular formula is C48H43NSSi. The van der Waals surface area contributed by atoms with Gasteiger partial charge in [-0.15, -0.1) is 11.8 Å². The molecule has 4 aromatic carbocycles. The molecule has 0 N–H and O–H groups in total. The van der Waals surface area contributed by atoms with Crippen molar-refractivity contribution in [2.75, 3.05) is 4.90 Å². The van der Waals surface area contributed by atoms with Crippen LogP contribution in [-0.2, 0) is 0 Å². The normalized spacial score (nSPS) is 25.7. The SMILES string of the molecule is C[Si]1(C)c2cc(N(C3=CC(c4ccccc4)CC=C3)C3=CC=CCC3C3C=c4ccccc4=CC3)ccc2-c2c1ccc1c2SC2C=CC=CC12. The van der Waals surface area contributed by atoms with Gasteiger partial charge in [0, 0.05) is 45.0 Å². The summed E-state index contributed by atoms with van der Waals surface area (Å²) in [5, 5.41) is 6.42. The first kappa shape index (κ1) is 31.2. The van der Waals surface area contributed by atoms with E-state index in [1.807, 2.05) is 0 Å². The summed E-state index contributed by atoms with van der Waals surface area (Å²) in [5.74, 6) is 1.65. The maximum atomic E-state index is 2.64. The van der Waals surface area contributed by atoms with Crippen molar-refractivity contribution in [3.63, 3.8) is 0 Å². The van der Waals surface area contributed by atoms with Crippen LogP contribution in [0, 0.1) is 11.8 Å². The largest absolute Gasteiger partial charge is 0.314 e. The highest BCUT2D eigenvalue weighted by Gasteiger charge is 2.43. The van der Waals surface area contributed by atoms with Gasteiger partial charge in [0.25, 0.3) is 0 Å². The highest BCUT2D eigenvalue weighted by atomic mass is 32.2. The quantitative estimate of drug-likeness (QED) is 0.192. The van der Waals surface area contributed by atoms with E-state index in [0.29, 0.717) is 28.9 Å². The van der Waals surface area contributed by atoms with Gasteiger partial charge in [0.15, 0.2) is 0 Å². The summed E-state index contributed by atoms with van der Waals surface area (Å²) >= 11 is 2.09. The zero-order valence-corrected chi connectivity index (χ0v) is 31.2. The summed E-state index contributed by atoms with van der Waals surface area (Å²) in [6.07, 6.45) is 31.9. The lowest BCUT2D eigenvalue weighted by Crippen LogP contribution is -2.49. The number of anilines is 1. The minimum Gasteiger partial charge on any atom is -0.314 e. The maximum absolute atomic E-state index is 2.64. The Morgan fingerprint density at radius 2 is 1.59 bits per heavy atom. The van der Waals surface area contributed by atoms with Crippen molar-refractivity contribution in [1.82, 2.24) is 0 Å². The first-order valence-electron chi connectivity index (χ1n) is 18.8. The average Bonchev–Trinajstić information content (AvgIpc) is 3.67. The Morgan fingerprint density at radius 3 is 2.49 bits per heavy atom. The van der Waals surface area contributed by atoms with Gasteiger partial charge in [0.1, 0.15) is 8.07 Å². The zero-order chi connectivity index (χ0) is 34.1. The first-order valence-corrected chi connectivity index (χ1v) is 22.6. The molecule has 0 radical (unpaired) electrons. The van der Waals surface area contributed by atoms with Crippen molar-refractivity contribution in [2.45, 2.75) is 54.3 Å². The van der Waals surface area contributed by atoms with E-state index in [4.69, 9.17) is 0 Å². The molecule has 250 valence electrons. The highest BCUT2D eigenvalue weighted by molar-refractivity contribution is 8.00. The summed E-state index contributed by atoms with van der Waals surface area (Å²) in [5.41, 5.74) is 9.89. The van der Waals surface area contributed by atoms with Gasteiger partial charge in [0.2, 0.25) is 0 Å². The van der Waals surface area contributed by atoms with Crippen LogP contribution < -0.4 is 25.7 Å². The van der Waals surface area contributed by atoms with E-state index in [1.165, 1.54) is 54.7 Å². The molecule has 0 amide bonds. The number of thioether (sulfide) groups is 1. The minimum atomic E-state index is -1.96. The van der Waals surface area contributed by atoms with Crippen molar-refractivity contribution in [3.8, 4) is 11.1 Å². The number of hydrogen-bond acceptors (Lipinski definition) is 2. The molecule has 0 saturated heterocycles. The molecule has 5 unspecified atom stereocenters. The molecule has 4 aliphatic carbocycles. The van der Waals surface area contributed by atoms with Crippen LogP contribution in [0.1, 0.15) is 42.2 Å². The number of rotatable bonds is 5. The van der Waals surface area contributed by atoms with Gasteiger partial charge in [-0.05, 0) is 92.5 Å². The van der Waals surface area contributed by atoms with E-state index in [2.05, 4.69) is 188 Å². The summed E-state index contributed by atoms with van der Waals surface area (Å²) in [6.45, 7) is 5.15. The van der Waals surface area contributed by atoms with E-state index in [-0.39, 0.29) is 0 Å². The molecule has 0 spiro atoms. The third-order valence-electron chi connectivity index (χ3n) is 12.2. The number of benzene rings is 4. The molecule has 2 heterocycles. The Kier molecular flexibility index (Phi) is 7.51. The second-order valence-electron chi connectivity index (χ2n) is 15.5. The summed E-state index contributed by atoms with van der Waals surface area (Å²) in [6, 6.07) is 32.4. The van der Waals surface area contributed by atoms with Crippen molar-refractivity contribution in [2.24, 2.45) is 11.8 Å². The molecular weight excluding hydrogens is 651 g/mol. The molecule has 0 aromatic heterocycles. The van der Waals surface area contributed by atoms with Crippen molar-refractivity contribution >= 4 is 48.0 Å². The van der Waals surface area contributed by atoms with Crippen LogP contribution in [0.5, 0.6) is 0 Å². The molecule has 2 aliphatic heterocycles. The van der Waals surface area contributed by atoms with Crippen LogP contribution in [0.3, 0.4) is 0 Å². The van der Waals surface area contributed by atoms with Crippen LogP contribution in [0.2, 0.25) is 13.1 Å². The number of allylic oxidation sites excluding steroid dienone is 10. The number of nitrogens with zero attached hydrogens (tertiary/aromatic N) is 1. The Labute approximate surface area is 307 Å². The smallest absolute Gasteiger partial charge is 0.113 e. The topological polar surface area (TPSA) is 3.24 Å². The Bertz CT molecular complexity index is 2390. The summed E-state index contributed by atoms with van der Waals surface area (Å²) in [4.78, 5) is 4.17. The van der Waals surface area contributed by atoms with Gasteiger partial charge < -0.3 is 4.90 Å². The fourth-order valence-corrected chi connectivity index (χ4v) is 14.3. The zero-order valence-electron chi connectivity index (χ0n) is 29.4. The Hall–Kier alpha value is -4.57. The molecule has 1 nitrogen and oxygen atoms in total. The van der Waals surface area contributed by atoms with E-state index < -0.39 is 8.07 Å². The maximum Gasteiger partial charge on any atom is 0.113 e. The van der Waals surface area contributed by atoms with Crippen LogP contribution in [0.4, 0.5) is 5.69 Å². The third kappa shape index (κ3) is 5.11. The highest BCUT2D eigenvalue weighted by Crippen LogP contribution is 2.53. The van der Waals surface area contributed by atoms with Crippen LogP contribution >= 0.6 is 11.8 Å². The molecule has 5 atom stereocenters. The van der Waals surface area contributed by atoms with E-state index >= 15 is 0 Å². The van der Waals surface area contributed by atoms with Crippen LogP contribution in [0.15, 0.2) is 162 Å². The fraction of sp³-hybridized carbons (Fsp3) is 0.208. The first-order chi connectivity index (χ1) is 25.0. The minimum absolute atomic E-state index is 0.351. The molecule has 3 heteroatoms. The van der Waals surface area contributed by atoms with Crippen molar-refractivity contribution in [3.05, 3.63) is 179 Å². The molecule has 10 rings (SSSR count). The predicted molar refractivity (Wildman–Crippen MR) is 221 cm³/mol. The van der Waals surface area contributed by atoms with Crippen molar-refractivity contribution in [1.29, 1.82) is 0 Å². The van der Waals surface area contributed by atoms with Gasteiger partial charge in [0.05, 0.1) is 0 Å². The molecule has 0 fully saturated rings. The second kappa shape index (κ2) is 12.3. The molecule has 0 saturated carbocycles. The number of fused-ring (bicyclic) bond motifs is 8. The monoisotopic (exact) mass is 693 g/mol. The van der Waals surface area contributed by atoms with Gasteiger partial charge in [-0.1, -0.05) is 147 Å². The van der Waals surface area contributed by atoms with E-state index in [9.17, 15) is 0 Å². The van der Waals surface area contributed by atoms with Gasteiger partial charge in [-0.2, -0.15) is 0 Å². The standard InChI is InChI=1S/C48H43NSSi/c1-51(2)45-28-27-41-40-20-9-11-22-44(40)50-48(41)47(45)42-26-25-38(31-46(42)51)49(37-18-12-17-35(30-37)32-13-4-3-5-14-32)43-21-10-8-19-39(43)36-24-23-33-15-6-7-16-34(33)29-36/h3-16,18,20-23,25-31,35-36,39-40,44H,17,19,24H2,1-2H3. The Balaban J connectivity index is 1.11. The lowest BCUT2D eigenvalue weighted by molar-refractivity contribution is 0.474. The average molecular weight is 694 g/mol. The third-order valence-corrected chi connectivity index (χ3v) is 17.2. The van der Waals surface area contributed by atoms with E-state index in [1.54, 1.807) is 10.4 Å².